The Balaban J connectivity index is 2.86. The summed E-state index contributed by atoms with van der Waals surface area (Å²) in [5.41, 5.74) is 0.661. The third kappa shape index (κ3) is 5.28. The van der Waals surface area contributed by atoms with Gasteiger partial charge in [-0.1, -0.05) is 24.6 Å². The number of benzene rings is 1. The second-order valence-electron chi connectivity index (χ2n) is 4.15. The van der Waals surface area contributed by atoms with Crippen molar-refractivity contribution in [1.82, 2.24) is 5.32 Å². The summed E-state index contributed by atoms with van der Waals surface area (Å²) < 4.78 is 42.0. The van der Waals surface area contributed by atoms with Gasteiger partial charge in [-0.2, -0.15) is 13.2 Å². The van der Waals surface area contributed by atoms with Crippen molar-refractivity contribution in [2.45, 2.75) is 32.0 Å². The Bertz CT molecular complexity index is 409. The molecule has 0 bridgehead atoms. The van der Waals surface area contributed by atoms with Crippen LogP contribution in [0.1, 0.15) is 31.4 Å². The summed E-state index contributed by atoms with van der Waals surface area (Å²) >= 11 is 6.09. The van der Waals surface area contributed by atoms with E-state index in [0.29, 0.717) is 22.9 Å². The van der Waals surface area contributed by atoms with E-state index >= 15 is 0 Å². The minimum absolute atomic E-state index is 0.0383. The average molecular weight is 296 g/mol. The van der Waals surface area contributed by atoms with Gasteiger partial charge >= 0.3 is 6.18 Å². The molecule has 0 saturated carbocycles. The van der Waals surface area contributed by atoms with Crippen LogP contribution in [-0.2, 0) is 0 Å². The first kappa shape index (κ1) is 16.1. The maximum atomic E-state index is 12.3. The van der Waals surface area contributed by atoms with E-state index in [9.17, 15) is 13.2 Å². The minimum atomic E-state index is -4.16. The molecule has 0 aromatic heterocycles. The molecule has 0 heterocycles. The third-order valence-corrected chi connectivity index (χ3v) is 3.08. The summed E-state index contributed by atoms with van der Waals surface area (Å²) in [4.78, 5) is 0. The van der Waals surface area contributed by atoms with Crippen LogP contribution in [0.15, 0.2) is 18.2 Å². The van der Waals surface area contributed by atoms with Crippen LogP contribution in [0.5, 0.6) is 5.75 Å². The van der Waals surface area contributed by atoms with Gasteiger partial charge in [-0.3, -0.25) is 0 Å². The monoisotopic (exact) mass is 295 g/mol. The fraction of sp³-hybridized carbons (Fsp3) is 0.538. The SMILES string of the molecule is CCNC(CCC(F)(F)F)c1ccc(OC)cc1Cl. The summed E-state index contributed by atoms with van der Waals surface area (Å²) in [6, 6.07) is 4.59. The van der Waals surface area contributed by atoms with E-state index in [1.807, 2.05) is 6.92 Å². The largest absolute Gasteiger partial charge is 0.497 e. The van der Waals surface area contributed by atoms with Crippen LogP contribution >= 0.6 is 11.6 Å². The van der Waals surface area contributed by atoms with E-state index in [1.165, 1.54) is 7.11 Å². The van der Waals surface area contributed by atoms with Crippen molar-refractivity contribution in [2.24, 2.45) is 0 Å². The molecule has 0 radical (unpaired) electrons. The lowest BCUT2D eigenvalue weighted by Crippen LogP contribution is -2.23. The zero-order valence-corrected chi connectivity index (χ0v) is 11.6. The highest BCUT2D eigenvalue weighted by atomic mass is 35.5. The predicted molar refractivity (Wildman–Crippen MR) is 69.7 cm³/mol. The topological polar surface area (TPSA) is 21.3 Å². The molecule has 0 fully saturated rings. The lowest BCUT2D eigenvalue weighted by molar-refractivity contribution is -0.136. The molecule has 0 aliphatic rings. The van der Waals surface area contributed by atoms with Gasteiger partial charge in [0.25, 0.3) is 0 Å². The normalized spacial score (nSPS) is 13.4. The van der Waals surface area contributed by atoms with E-state index in [2.05, 4.69) is 5.32 Å². The van der Waals surface area contributed by atoms with Crippen molar-refractivity contribution >= 4 is 11.6 Å². The Kier molecular flexibility index (Phi) is 5.94. The van der Waals surface area contributed by atoms with E-state index in [4.69, 9.17) is 16.3 Å². The zero-order chi connectivity index (χ0) is 14.5. The predicted octanol–water partition coefficient (Wildman–Crippen LogP) is 4.34. The average Bonchev–Trinajstić information content (AvgIpc) is 2.33. The molecule has 1 rings (SSSR count). The fourth-order valence-corrected chi connectivity index (χ4v) is 2.14. The van der Waals surface area contributed by atoms with Gasteiger partial charge in [-0.25, -0.2) is 0 Å². The Morgan fingerprint density at radius 1 is 1.37 bits per heavy atom. The van der Waals surface area contributed by atoms with Gasteiger partial charge in [0.2, 0.25) is 0 Å². The first-order valence-corrected chi connectivity index (χ1v) is 6.38. The number of ether oxygens (including phenoxy) is 1. The lowest BCUT2D eigenvalue weighted by atomic mass is 10.0. The molecule has 0 saturated heterocycles. The molecule has 1 aromatic carbocycles. The molecule has 0 aliphatic heterocycles. The molecule has 1 aromatic rings. The van der Waals surface area contributed by atoms with Gasteiger partial charge in [0.05, 0.1) is 7.11 Å². The Morgan fingerprint density at radius 2 is 2.05 bits per heavy atom. The number of rotatable bonds is 6. The highest BCUT2D eigenvalue weighted by Gasteiger charge is 2.29. The van der Waals surface area contributed by atoms with Crippen LogP contribution in [0.2, 0.25) is 5.02 Å². The minimum Gasteiger partial charge on any atom is -0.497 e. The van der Waals surface area contributed by atoms with Crippen LogP contribution in [0.25, 0.3) is 0 Å². The number of hydrogen-bond donors (Lipinski definition) is 1. The summed E-state index contributed by atoms with van der Waals surface area (Å²) in [5.74, 6) is 0.583. The van der Waals surface area contributed by atoms with Crippen molar-refractivity contribution < 1.29 is 17.9 Å². The highest BCUT2D eigenvalue weighted by Crippen LogP contribution is 2.32. The number of hydrogen-bond acceptors (Lipinski definition) is 2. The van der Waals surface area contributed by atoms with Crippen molar-refractivity contribution in [1.29, 1.82) is 0 Å². The quantitative estimate of drug-likeness (QED) is 0.843. The van der Waals surface area contributed by atoms with Crippen LogP contribution in [0.4, 0.5) is 13.2 Å². The number of alkyl halides is 3. The van der Waals surface area contributed by atoms with Crippen molar-refractivity contribution in [3.8, 4) is 5.75 Å². The molecule has 1 atom stereocenters. The van der Waals surface area contributed by atoms with Crippen molar-refractivity contribution in [3.63, 3.8) is 0 Å². The van der Waals surface area contributed by atoms with Gasteiger partial charge in [0, 0.05) is 17.5 Å². The summed E-state index contributed by atoms with van der Waals surface area (Å²) in [7, 11) is 1.51. The standard InChI is InChI=1S/C13H17ClF3NO/c1-3-18-12(6-7-13(15,16)17)10-5-4-9(19-2)8-11(10)14/h4-5,8,12,18H,3,6-7H2,1-2H3. The second-order valence-corrected chi connectivity index (χ2v) is 4.56. The molecule has 0 aliphatic carbocycles. The zero-order valence-electron chi connectivity index (χ0n) is 10.9. The summed E-state index contributed by atoms with van der Waals surface area (Å²) in [5, 5.41) is 3.43. The van der Waals surface area contributed by atoms with E-state index in [-0.39, 0.29) is 6.42 Å². The maximum absolute atomic E-state index is 12.3. The number of nitrogens with one attached hydrogen (secondary N) is 1. The van der Waals surface area contributed by atoms with Crippen LogP contribution in [0.3, 0.4) is 0 Å². The lowest BCUT2D eigenvalue weighted by Gasteiger charge is -2.20. The third-order valence-electron chi connectivity index (χ3n) is 2.75. The molecule has 1 N–H and O–H groups in total. The van der Waals surface area contributed by atoms with Crippen LogP contribution in [-0.4, -0.2) is 19.8 Å². The van der Waals surface area contributed by atoms with Gasteiger partial charge in [0.15, 0.2) is 0 Å². The Morgan fingerprint density at radius 3 is 2.53 bits per heavy atom. The van der Waals surface area contributed by atoms with Crippen LogP contribution < -0.4 is 10.1 Å². The van der Waals surface area contributed by atoms with Crippen molar-refractivity contribution in [2.75, 3.05) is 13.7 Å². The molecule has 19 heavy (non-hydrogen) atoms. The molecule has 2 nitrogen and oxygen atoms in total. The Labute approximate surface area is 115 Å². The maximum Gasteiger partial charge on any atom is 0.389 e. The second kappa shape index (κ2) is 7.01. The van der Waals surface area contributed by atoms with Gasteiger partial charge < -0.3 is 10.1 Å². The van der Waals surface area contributed by atoms with Crippen LogP contribution in [0, 0.1) is 0 Å². The molecule has 0 amide bonds. The number of halogens is 4. The first-order chi connectivity index (χ1) is 8.87. The Hall–Kier alpha value is -0.940. The first-order valence-electron chi connectivity index (χ1n) is 6.01. The van der Waals surface area contributed by atoms with E-state index in [1.54, 1.807) is 18.2 Å². The van der Waals surface area contributed by atoms with E-state index < -0.39 is 18.6 Å². The molecule has 0 spiro atoms. The van der Waals surface area contributed by atoms with Gasteiger partial charge in [-0.05, 0) is 30.7 Å². The highest BCUT2D eigenvalue weighted by molar-refractivity contribution is 6.31. The molecule has 108 valence electrons. The summed E-state index contributed by atoms with van der Waals surface area (Å²) in [6.45, 7) is 2.42. The molecular formula is C13H17ClF3NO. The molecular weight excluding hydrogens is 279 g/mol. The van der Waals surface area contributed by atoms with Gasteiger partial charge in [-0.15, -0.1) is 0 Å². The number of methoxy groups -OCH3 is 1. The molecule has 1 unspecified atom stereocenters. The van der Waals surface area contributed by atoms with E-state index in [0.717, 1.165) is 0 Å². The summed E-state index contributed by atoms with van der Waals surface area (Å²) in [6.07, 6.45) is -5.04. The fourth-order valence-electron chi connectivity index (χ4n) is 1.84. The smallest absolute Gasteiger partial charge is 0.389 e. The van der Waals surface area contributed by atoms with Crippen molar-refractivity contribution in [3.05, 3.63) is 28.8 Å². The molecule has 6 heteroatoms. The van der Waals surface area contributed by atoms with Gasteiger partial charge in [0.1, 0.15) is 5.75 Å².